The average molecular weight is 499 g/mol. The number of anilines is 2. The van der Waals surface area contributed by atoms with Gasteiger partial charge in [0.05, 0.1) is 11.9 Å². The number of aromatic nitrogens is 5. The number of rotatable bonds is 13. The van der Waals surface area contributed by atoms with Crippen molar-refractivity contribution in [3.63, 3.8) is 0 Å². The Bertz CT molecular complexity index is 1160. The summed E-state index contributed by atoms with van der Waals surface area (Å²) in [6.07, 6.45) is 3.26. The molecule has 13 heteroatoms. The molecule has 0 radical (unpaired) electrons. The lowest BCUT2D eigenvalue weighted by Crippen LogP contribution is -2.28. The Balaban J connectivity index is 1.83. The summed E-state index contributed by atoms with van der Waals surface area (Å²) in [5.74, 6) is -0.305. The van der Waals surface area contributed by atoms with Crippen LogP contribution >= 0.6 is 0 Å². The number of hydrogen-bond donors (Lipinski definition) is 3. The Morgan fingerprint density at radius 3 is 2.50 bits per heavy atom. The Labute approximate surface area is 209 Å². The molecule has 0 aliphatic heterocycles. The van der Waals surface area contributed by atoms with Crippen LogP contribution in [-0.2, 0) is 6.54 Å². The first-order chi connectivity index (χ1) is 17.4. The lowest BCUT2D eigenvalue weighted by atomic mass is 10.2. The van der Waals surface area contributed by atoms with Gasteiger partial charge in [0.1, 0.15) is 5.75 Å². The molecule has 0 saturated heterocycles. The molecular weight excluding hydrogens is 464 g/mol. The van der Waals surface area contributed by atoms with Gasteiger partial charge in [-0.25, -0.2) is 10.1 Å². The normalized spacial score (nSPS) is 11.5. The Morgan fingerprint density at radius 1 is 1.19 bits per heavy atom. The van der Waals surface area contributed by atoms with Gasteiger partial charge in [-0.2, -0.15) is 9.78 Å². The molecule has 0 aliphatic carbocycles. The first-order valence-corrected chi connectivity index (χ1v) is 12.1. The number of phenols is 1. The summed E-state index contributed by atoms with van der Waals surface area (Å²) in [5, 5.41) is 29.9. The molecule has 3 rings (SSSR count). The monoisotopic (exact) mass is 498 g/mol. The van der Waals surface area contributed by atoms with Crippen LogP contribution in [0.1, 0.15) is 62.3 Å². The van der Waals surface area contributed by atoms with E-state index in [1.807, 2.05) is 19.9 Å². The van der Waals surface area contributed by atoms with Crippen molar-refractivity contribution in [3.05, 3.63) is 35.2 Å². The Morgan fingerprint density at radius 2 is 1.92 bits per heavy atom. The van der Waals surface area contributed by atoms with Gasteiger partial charge in [-0.15, -0.1) is 5.10 Å². The molecule has 0 aliphatic rings. The third kappa shape index (κ3) is 6.16. The number of amides is 1. The standard InChI is InChI=1S/C23H34N10O3/c1-5-11-31(12-6-2)15-18-20(26-30-33(18)22-21(24)28-36-29-22)23(35)27-25-14-16-9-10-17(13-19(16)34)32(7-3)8-4/h9-10,13-14,34H,5-8,11-12,15H2,1-4H3,(H2,24,28)(H,27,35)/b25-14+. The number of aromatic hydroxyl groups is 1. The van der Waals surface area contributed by atoms with Crippen molar-refractivity contribution in [1.29, 1.82) is 0 Å². The quantitative estimate of drug-likeness (QED) is 0.235. The maximum absolute atomic E-state index is 13.0. The van der Waals surface area contributed by atoms with E-state index in [-0.39, 0.29) is 23.1 Å². The zero-order chi connectivity index (χ0) is 26.1. The number of hydrogen-bond acceptors (Lipinski definition) is 11. The van der Waals surface area contributed by atoms with E-state index >= 15 is 0 Å². The van der Waals surface area contributed by atoms with Gasteiger partial charge in [0.25, 0.3) is 5.91 Å². The average Bonchev–Trinajstić information content (AvgIpc) is 3.47. The molecule has 1 amide bonds. The lowest BCUT2D eigenvalue weighted by Gasteiger charge is -2.21. The summed E-state index contributed by atoms with van der Waals surface area (Å²) in [5.41, 5.74) is 10.3. The number of carbonyl (C=O) groups is 1. The summed E-state index contributed by atoms with van der Waals surface area (Å²) in [6.45, 7) is 12.0. The zero-order valence-electron chi connectivity index (χ0n) is 21.2. The molecule has 0 fully saturated rings. The number of nitrogens with two attached hydrogens (primary N) is 1. The second-order valence-electron chi connectivity index (χ2n) is 8.16. The van der Waals surface area contributed by atoms with E-state index in [1.54, 1.807) is 12.1 Å². The van der Waals surface area contributed by atoms with Gasteiger partial charge in [0, 0.05) is 37.0 Å². The fourth-order valence-corrected chi connectivity index (χ4v) is 3.88. The topological polar surface area (TPSA) is 164 Å². The molecule has 0 unspecified atom stereocenters. The van der Waals surface area contributed by atoms with Gasteiger partial charge in [0.15, 0.2) is 5.69 Å². The zero-order valence-corrected chi connectivity index (χ0v) is 21.2. The van der Waals surface area contributed by atoms with E-state index in [1.165, 1.54) is 10.9 Å². The highest BCUT2D eigenvalue weighted by molar-refractivity contribution is 5.94. The number of nitrogen functional groups attached to an aromatic ring is 1. The summed E-state index contributed by atoms with van der Waals surface area (Å²) >= 11 is 0. The second kappa shape index (κ2) is 12.6. The fourth-order valence-electron chi connectivity index (χ4n) is 3.88. The molecule has 4 N–H and O–H groups in total. The van der Waals surface area contributed by atoms with Crippen molar-refractivity contribution in [2.24, 2.45) is 5.10 Å². The summed E-state index contributed by atoms with van der Waals surface area (Å²) < 4.78 is 6.07. The van der Waals surface area contributed by atoms with Gasteiger partial charge >= 0.3 is 0 Å². The van der Waals surface area contributed by atoms with E-state index in [0.717, 1.165) is 44.7 Å². The van der Waals surface area contributed by atoms with Crippen molar-refractivity contribution in [2.75, 3.05) is 36.8 Å². The number of hydrazone groups is 1. The Kier molecular flexibility index (Phi) is 9.33. The van der Waals surface area contributed by atoms with Crippen LogP contribution in [0.5, 0.6) is 5.75 Å². The fraction of sp³-hybridized carbons (Fsp3) is 0.478. The van der Waals surface area contributed by atoms with Crippen LogP contribution < -0.4 is 16.1 Å². The van der Waals surface area contributed by atoms with Crippen LogP contribution in [0.4, 0.5) is 11.5 Å². The van der Waals surface area contributed by atoms with Gasteiger partial charge in [-0.1, -0.05) is 19.1 Å². The van der Waals surface area contributed by atoms with Crippen molar-refractivity contribution >= 4 is 23.6 Å². The molecule has 3 aromatic rings. The molecule has 0 spiro atoms. The van der Waals surface area contributed by atoms with E-state index in [9.17, 15) is 9.90 Å². The SMILES string of the molecule is CCCN(CCC)Cc1c(C(=O)N/N=C/c2ccc(N(CC)CC)cc2O)nnn1-c1nonc1N. The minimum absolute atomic E-state index is 0.0345. The summed E-state index contributed by atoms with van der Waals surface area (Å²) in [7, 11) is 0. The molecule has 2 heterocycles. The summed E-state index contributed by atoms with van der Waals surface area (Å²) in [4.78, 5) is 17.3. The molecule has 194 valence electrons. The number of benzene rings is 1. The highest BCUT2D eigenvalue weighted by Crippen LogP contribution is 2.23. The molecule has 1 aromatic carbocycles. The molecule has 36 heavy (non-hydrogen) atoms. The second-order valence-corrected chi connectivity index (χ2v) is 8.16. The number of nitrogens with zero attached hydrogens (tertiary/aromatic N) is 8. The molecule has 13 nitrogen and oxygen atoms in total. The first kappa shape index (κ1) is 26.6. The Hall–Kier alpha value is -4.00. The molecule has 0 atom stereocenters. The van der Waals surface area contributed by atoms with Gasteiger partial charge in [-0.3, -0.25) is 9.69 Å². The molecule has 0 bridgehead atoms. The predicted molar refractivity (Wildman–Crippen MR) is 136 cm³/mol. The van der Waals surface area contributed by atoms with Crippen molar-refractivity contribution in [2.45, 2.75) is 47.1 Å². The number of carbonyl (C=O) groups excluding carboxylic acids is 1. The van der Waals surface area contributed by atoms with E-state index < -0.39 is 5.91 Å². The van der Waals surface area contributed by atoms with Crippen LogP contribution in [0.15, 0.2) is 27.9 Å². The van der Waals surface area contributed by atoms with Crippen LogP contribution in [0.3, 0.4) is 0 Å². The molecular formula is C23H34N10O3. The highest BCUT2D eigenvalue weighted by atomic mass is 16.6. The first-order valence-electron chi connectivity index (χ1n) is 12.1. The van der Waals surface area contributed by atoms with Crippen LogP contribution in [0.25, 0.3) is 5.82 Å². The smallest absolute Gasteiger partial charge is 0.293 e. The summed E-state index contributed by atoms with van der Waals surface area (Å²) in [6, 6.07) is 5.31. The van der Waals surface area contributed by atoms with E-state index in [4.69, 9.17) is 10.4 Å². The largest absolute Gasteiger partial charge is 0.507 e. The van der Waals surface area contributed by atoms with E-state index in [0.29, 0.717) is 17.8 Å². The maximum atomic E-state index is 13.0. The van der Waals surface area contributed by atoms with Crippen molar-refractivity contribution in [3.8, 4) is 11.6 Å². The van der Waals surface area contributed by atoms with E-state index in [2.05, 4.69) is 54.8 Å². The van der Waals surface area contributed by atoms with Gasteiger partial charge < -0.3 is 15.7 Å². The van der Waals surface area contributed by atoms with Crippen LogP contribution in [0.2, 0.25) is 0 Å². The molecule has 0 saturated carbocycles. The third-order valence-corrected chi connectivity index (χ3v) is 5.64. The van der Waals surface area contributed by atoms with Crippen LogP contribution in [-0.4, -0.2) is 73.6 Å². The minimum Gasteiger partial charge on any atom is -0.507 e. The minimum atomic E-state index is -0.560. The van der Waals surface area contributed by atoms with Gasteiger partial charge in [-0.05, 0) is 62.2 Å². The maximum Gasteiger partial charge on any atom is 0.293 e. The highest BCUT2D eigenvalue weighted by Gasteiger charge is 2.25. The van der Waals surface area contributed by atoms with Gasteiger partial charge in [0.2, 0.25) is 11.6 Å². The molecule has 2 aromatic heterocycles. The predicted octanol–water partition coefficient (Wildman–Crippen LogP) is 2.17. The number of nitrogens with one attached hydrogen (secondary N) is 1. The number of phenolic OH excluding ortho intramolecular Hbond substituents is 1. The lowest BCUT2D eigenvalue weighted by molar-refractivity contribution is 0.0947. The van der Waals surface area contributed by atoms with Crippen LogP contribution in [0, 0.1) is 0 Å². The third-order valence-electron chi connectivity index (χ3n) is 5.64. The van der Waals surface area contributed by atoms with Crippen molar-refractivity contribution < 1.29 is 14.5 Å². The van der Waals surface area contributed by atoms with Crippen molar-refractivity contribution in [1.82, 2.24) is 35.6 Å².